The third-order valence-corrected chi connectivity index (χ3v) is 10.8. The van der Waals surface area contributed by atoms with Gasteiger partial charge in [-0.15, -0.1) is 0 Å². The molecule has 7 heteroatoms. The molecule has 0 aromatic carbocycles. The minimum atomic E-state index is -0.546. The summed E-state index contributed by atoms with van der Waals surface area (Å²) in [4.78, 5) is 37.4. The van der Waals surface area contributed by atoms with Crippen molar-refractivity contribution in [2.45, 2.75) is 98.9 Å². The highest BCUT2D eigenvalue weighted by Crippen LogP contribution is 2.73. The van der Waals surface area contributed by atoms with Gasteiger partial charge in [-0.05, 0) is 61.0 Å². The Bertz CT molecular complexity index is 1130. The fourth-order valence-corrected chi connectivity index (χ4v) is 9.24. The van der Waals surface area contributed by atoms with E-state index in [4.69, 9.17) is 18.6 Å². The van der Waals surface area contributed by atoms with Crippen molar-refractivity contribution in [3.8, 4) is 0 Å². The van der Waals surface area contributed by atoms with Gasteiger partial charge in [-0.3, -0.25) is 9.59 Å². The molecule has 3 fully saturated rings. The molecule has 0 spiro atoms. The molecule has 0 N–H and O–H groups in total. The standard InChI is InChI=1S/C30H40O7/c1-17(31)35-23-9-12-28(5)20-8-11-29(6)22(15-25(33)37-26(29)19-10-13-34-16-19)30(20,7)24(36-18(2)32)14-21(28)27(23,3)4/h10,13,15-16,20-21,23-24,26H,8-9,11-12,14H2,1-7H3/t20?,21-,23-,24-,26+,28+,29+,30-/m1/s1. The van der Waals surface area contributed by atoms with E-state index in [1.165, 1.54) is 13.8 Å². The van der Waals surface area contributed by atoms with Gasteiger partial charge in [0.25, 0.3) is 0 Å². The second kappa shape index (κ2) is 8.47. The predicted octanol–water partition coefficient (Wildman–Crippen LogP) is 5.94. The number of fused-ring (bicyclic) bond motifs is 5. The molecule has 1 aromatic rings. The monoisotopic (exact) mass is 512 g/mol. The van der Waals surface area contributed by atoms with Crippen molar-refractivity contribution in [1.29, 1.82) is 0 Å². The number of carbonyl (C=O) groups excluding carboxylic acids is 3. The van der Waals surface area contributed by atoms with Crippen LogP contribution in [0.5, 0.6) is 0 Å². The topological polar surface area (TPSA) is 92.0 Å². The third-order valence-electron chi connectivity index (χ3n) is 10.8. The summed E-state index contributed by atoms with van der Waals surface area (Å²) in [5.74, 6) is -0.602. The average molecular weight is 513 g/mol. The lowest BCUT2D eigenvalue weighted by atomic mass is 9.36. The highest BCUT2D eigenvalue weighted by atomic mass is 16.6. The molecule has 7 nitrogen and oxygen atoms in total. The summed E-state index contributed by atoms with van der Waals surface area (Å²) in [6.45, 7) is 14.0. The number of hydrogen-bond donors (Lipinski definition) is 0. The smallest absolute Gasteiger partial charge is 0.331 e. The van der Waals surface area contributed by atoms with E-state index in [0.717, 1.165) is 36.8 Å². The highest BCUT2D eigenvalue weighted by Gasteiger charge is 2.70. The zero-order valence-electron chi connectivity index (χ0n) is 23.1. The second-order valence-corrected chi connectivity index (χ2v) is 13.1. The first-order valence-electron chi connectivity index (χ1n) is 13.5. The molecule has 2 heterocycles. The summed E-state index contributed by atoms with van der Waals surface area (Å²) in [6, 6.07) is 1.86. The molecule has 3 aliphatic carbocycles. The molecule has 0 radical (unpaired) electrons. The first-order chi connectivity index (χ1) is 17.2. The van der Waals surface area contributed by atoms with Crippen molar-refractivity contribution in [3.63, 3.8) is 0 Å². The molecule has 0 saturated heterocycles. The van der Waals surface area contributed by atoms with Crippen molar-refractivity contribution < 1.29 is 33.0 Å². The van der Waals surface area contributed by atoms with Gasteiger partial charge in [-0.1, -0.05) is 34.6 Å². The molecule has 4 aliphatic rings. The summed E-state index contributed by atoms with van der Waals surface area (Å²) in [5, 5.41) is 0. The van der Waals surface area contributed by atoms with Gasteiger partial charge in [0, 0.05) is 41.7 Å². The van der Waals surface area contributed by atoms with Crippen LogP contribution in [0.1, 0.15) is 92.2 Å². The van der Waals surface area contributed by atoms with Gasteiger partial charge in [0.1, 0.15) is 18.3 Å². The van der Waals surface area contributed by atoms with Crippen LogP contribution in [0.3, 0.4) is 0 Å². The molecule has 37 heavy (non-hydrogen) atoms. The normalized spacial score (nSPS) is 42.3. The van der Waals surface area contributed by atoms with Gasteiger partial charge in [-0.25, -0.2) is 4.79 Å². The first-order valence-corrected chi connectivity index (χ1v) is 13.5. The molecule has 202 valence electrons. The number of hydrogen-bond acceptors (Lipinski definition) is 7. The van der Waals surface area contributed by atoms with E-state index in [1.807, 2.05) is 6.07 Å². The lowest BCUT2D eigenvalue weighted by molar-refractivity contribution is -0.230. The largest absolute Gasteiger partial charge is 0.472 e. The van der Waals surface area contributed by atoms with E-state index in [-0.39, 0.29) is 46.7 Å². The predicted molar refractivity (Wildman–Crippen MR) is 135 cm³/mol. The SMILES string of the molecule is CC(=O)O[C@@H]1CC[C@@]2(C)C3CC[C@@]4(C)C(=CC(=O)O[C@H]4c4ccoc4)[C@]3(C)[C@H](OC(C)=O)C[C@@H]2C1(C)C. The van der Waals surface area contributed by atoms with Crippen LogP contribution in [0.15, 0.2) is 34.7 Å². The number of carbonyl (C=O) groups is 3. The van der Waals surface area contributed by atoms with Crippen LogP contribution in [0.4, 0.5) is 0 Å². The molecular weight excluding hydrogens is 472 g/mol. The lowest BCUT2D eigenvalue weighted by Crippen LogP contribution is -2.67. The van der Waals surface area contributed by atoms with Crippen molar-refractivity contribution in [2.24, 2.45) is 33.5 Å². The lowest BCUT2D eigenvalue weighted by Gasteiger charge is -2.69. The van der Waals surface area contributed by atoms with Crippen molar-refractivity contribution in [2.75, 3.05) is 0 Å². The van der Waals surface area contributed by atoms with Crippen LogP contribution in [-0.2, 0) is 28.6 Å². The van der Waals surface area contributed by atoms with Crippen molar-refractivity contribution in [3.05, 3.63) is 35.8 Å². The van der Waals surface area contributed by atoms with E-state index in [9.17, 15) is 14.4 Å². The third kappa shape index (κ3) is 3.70. The minimum absolute atomic E-state index is 0.0831. The van der Waals surface area contributed by atoms with Crippen LogP contribution in [0.2, 0.25) is 0 Å². The average Bonchev–Trinajstić information content (AvgIpc) is 3.32. The Morgan fingerprint density at radius 3 is 2.24 bits per heavy atom. The van der Waals surface area contributed by atoms with Gasteiger partial charge in [0.2, 0.25) is 0 Å². The summed E-state index contributed by atoms with van der Waals surface area (Å²) in [5.41, 5.74) is 0.489. The number of rotatable bonds is 3. The highest BCUT2D eigenvalue weighted by molar-refractivity contribution is 5.85. The summed E-state index contributed by atoms with van der Waals surface area (Å²) in [7, 11) is 0. The Balaban J connectivity index is 1.63. The Labute approximate surface area is 219 Å². The molecule has 5 rings (SSSR count). The number of ether oxygens (including phenoxy) is 3. The van der Waals surface area contributed by atoms with E-state index in [2.05, 4.69) is 34.6 Å². The number of esters is 3. The summed E-state index contributed by atoms with van der Waals surface area (Å²) >= 11 is 0. The molecule has 3 saturated carbocycles. The summed E-state index contributed by atoms with van der Waals surface area (Å²) in [6.07, 6.45) is 7.98. The Morgan fingerprint density at radius 2 is 1.62 bits per heavy atom. The van der Waals surface area contributed by atoms with Gasteiger partial charge < -0.3 is 18.6 Å². The maximum Gasteiger partial charge on any atom is 0.331 e. The molecule has 1 aliphatic heterocycles. The molecule has 8 atom stereocenters. The van der Waals surface area contributed by atoms with Gasteiger partial charge in [0.15, 0.2) is 0 Å². The van der Waals surface area contributed by atoms with E-state index < -0.39 is 23.0 Å². The number of furan rings is 1. The van der Waals surface area contributed by atoms with Gasteiger partial charge in [-0.2, -0.15) is 0 Å². The Hall–Kier alpha value is -2.57. The first kappa shape index (κ1) is 26.1. The Morgan fingerprint density at radius 1 is 0.946 bits per heavy atom. The fraction of sp³-hybridized carbons (Fsp3) is 0.700. The zero-order valence-corrected chi connectivity index (χ0v) is 23.1. The van der Waals surface area contributed by atoms with Crippen molar-refractivity contribution >= 4 is 17.9 Å². The fourth-order valence-electron chi connectivity index (χ4n) is 9.24. The van der Waals surface area contributed by atoms with Crippen molar-refractivity contribution in [1.82, 2.24) is 0 Å². The van der Waals surface area contributed by atoms with E-state index >= 15 is 0 Å². The van der Waals surface area contributed by atoms with Crippen LogP contribution >= 0.6 is 0 Å². The molecule has 0 bridgehead atoms. The van der Waals surface area contributed by atoms with E-state index in [0.29, 0.717) is 6.42 Å². The zero-order chi connectivity index (χ0) is 27.0. The van der Waals surface area contributed by atoms with Crippen LogP contribution < -0.4 is 0 Å². The van der Waals surface area contributed by atoms with Crippen LogP contribution in [0, 0.1) is 33.5 Å². The minimum Gasteiger partial charge on any atom is -0.472 e. The quantitative estimate of drug-likeness (QED) is 0.366. The second-order valence-electron chi connectivity index (χ2n) is 13.1. The maximum absolute atomic E-state index is 13.0. The molecule has 0 amide bonds. The molecular formula is C30H40O7. The molecule has 1 unspecified atom stereocenters. The maximum atomic E-state index is 13.0. The summed E-state index contributed by atoms with van der Waals surface area (Å²) < 4.78 is 23.3. The van der Waals surface area contributed by atoms with Crippen LogP contribution in [0.25, 0.3) is 0 Å². The number of cyclic esters (lactones) is 1. The van der Waals surface area contributed by atoms with Gasteiger partial charge in [0.05, 0.1) is 12.5 Å². The Kier molecular flexibility index (Phi) is 5.96. The van der Waals surface area contributed by atoms with Crippen LogP contribution in [-0.4, -0.2) is 30.1 Å². The van der Waals surface area contributed by atoms with E-state index in [1.54, 1.807) is 18.6 Å². The van der Waals surface area contributed by atoms with Gasteiger partial charge >= 0.3 is 17.9 Å². The molecule has 1 aromatic heterocycles.